The minimum atomic E-state index is -0.0702. The monoisotopic (exact) mass is 326 g/mol. The van der Waals surface area contributed by atoms with Gasteiger partial charge in [-0.1, -0.05) is 12.1 Å². The Balaban J connectivity index is 1.99. The number of carbonyl (C=O) groups is 1. The summed E-state index contributed by atoms with van der Waals surface area (Å²) in [6.45, 7) is 1.55. The molecule has 0 atom stereocenters. The Morgan fingerprint density at radius 3 is 2.64 bits per heavy atom. The fraction of sp³-hybridized carbons (Fsp3) is 0.150. The van der Waals surface area contributed by atoms with Crippen LogP contribution in [0.1, 0.15) is 27.9 Å². The lowest BCUT2D eigenvalue weighted by atomic mass is 9.96. The third kappa shape index (κ3) is 2.34. The van der Waals surface area contributed by atoms with E-state index in [0.29, 0.717) is 22.4 Å². The molecule has 0 bridgehead atoms. The Morgan fingerprint density at radius 1 is 1.04 bits per heavy atom. The molecule has 2 aromatic carbocycles. The number of rotatable bonds is 1. The van der Waals surface area contributed by atoms with E-state index in [0.717, 1.165) is 36.3 Å². The molecular weight excluding hydrogens is 312 g/mol. The van der Waals surface area contributed by atoms with E-state index in [-0.39, 0.29) is 5.78 Å². The Labute approximate surface area is 145 Å². The zero-order chi connectivity index (χ0) is 17.4. The summed E-state index contributed by atoms with van der Waals surface area (Å²) in [5.41, 5.74) is 4.62. The molecule has 0 unspecified atom stereocenters. The fourth-order valence-electron chi connectivity index (χ4n) is 3.40. The van der Waals surface area contributed by atoms with Gasteiger partial charge in [0, 0.05) is 30.4 Å². The number of hydrogen-bond acceptors (Lipinski definition) is 5. The topological polar surface area (TPSA) is 79.9 Å². The number of allylic oxidation sites excluding steroid dienone is 1. The highest BCUT2D eigenvalue weighted by molar-refractivity contribution is 6.21. The van der Waals surface area contributed by atoms with Gasteiger partial charge < -0.3 is 10.2 Å². The molecule has 5 nitrogen and oxygen atoms in total. The lowest BCUT2D eigenvalue weighted by Crippen LogP contribution is -2.21. The molecule has 25 heavy (non-hydrogen) atoms. The third-order valence-corrected chi connectivity index (χ3v) is 4.52. The molecule has 0 aliphatic carbocycles. The van der Waals surface area contributed by atoms with Crippen LogP contribution >= 0.6 is 0 Å². The highest BCUT2D eigenvalue weighted by Crippen LogP contribution is 2.43. The van der Waals surface area contributed by atoms with Gasteiger partial charge in [0.15, 0.2) is 0 Å². The smallest absolute Gasteiger partial charge is 0.213 e. The maximum absolute atomic E-state index is 12.8. The van der Waals surface area contributed by atoms with E-state index in [2.05, 4.69) is 17.5 Å². The van der Waals surface area contributed by atoms with Crippen molar-refractivity contribution in [3.05, 3.63) is 65.0 Å². The van der Waals surface area contributed by atoms with Crippen LogP contribution in [0.2, 0.25) is 0 Å². The first kappa shape index (κ1) is 15.0. The molecule has 2 aliphatic rings. The van der Waals surface area contributed by atoms with Crippen molar-refractivity contribution < 1.29 is 4.79 Å². The second kappa shape index (κ2) is 5.81. The van der Waals surface area contributed by atoms with Crippen molar-refractivity contribution in [1.29, 1.82) is 10.5 Å². The molecule has 2 aromatic rings. The maximum atomic E-state index is 12.8. The first-order valence-electron chi connectivity index (χ1n) is 8.07. The molecule has 0 radical (unpaired) electrons. The molecule has 5 heteroatoms. The Morgan fingerprint density at radius 2 is 1.84 bits per heavy atom. The van der Waals surface area contributed by atoms with Crippen LogP contribution in [0.5, 0.6) is 0 Å². The van der Waals surface area contributed by atoms with E-state index in [1.165, 1.54) is 0 Å². The van der Waals surface area contributed by atoms with Crippen molar-refractivity contribution in [3.8, 4) is 23.3 Å². The van der Waals surface area contributed by atoms with Gasteiger partial charge in [-0.25, -0.2) is 0 Å². The van der Waals surface area contributed by atoms with Crippen molar-refractivity contribution in [2.24, 2.45) is 0 Å². The predicted octanol–water partition coefficient (Wildman–Crippen LogP) is 2.93. The summed E-state index contributed by atoms with van der Waals surface area (Å²) >= 11 is 0. The highest BCUT2D eigenvalue weighted by Gasteiger charge is 2.35. The van der Waals surface area contributed by atoms with Crippen LogP contribution in [0.4, 0.5) is 5.69 Å². The van der Waals surface area contributed by atoms with Crippen LogP contribution in [0.25, 0.3) is 11.1 Å². The minimum absolute atomic E-state index is 0.0702. The van der Waals surface area contributed by atoms with Crippen molar-refractivity contribution in [3.63, 3.8) is 0 Å². The standard InChI is InChI=1S/C20H14N4O/c21-10-13-3-1-4-15(7-13)16-8-14(11-22)9-17-19(16)24-6-2-5-23-12-18(24)20(17)25/h1,3-4,7-9,12,23H,2,5-6H2. The van der Waals surface area contributed by atoms with E-state index in [4.69, 9.17) is 0 Å². The Hall–Kier alpha value is -3.57. The average Bonchev–Trinajstić information content (AvgIpc) is 2.83. The average molecular weight is 326 g/mol. The quantitative estimate of drug-likeness (QED) is 0.871. The number of fused-ring (bicyclic) bond motifs is 3. The number of nitrogens with one attached hydrogen (secondary N) is 1. The van der Waals surface area contributed by atoms with Crippen LogP contribution in [-0.2, 0) is 0 Å². The maximum Gasteiger partial charge on any atom is 0.213 e. The molecule has 2 aliphatic heterocycles. The van der Waals surface area contributed by atoms with Gasteiger partial charge in [-0.2, -0.15) is 10.5 Å². The number of hydrogen-bond donors (Lipinski definition) is 1. The number of benzene rings is 2. The zero-order valence-electron chi connectivity index (χ0n) is 13.4. The molecule has 120 valence electrons. The summed E-state index contributed by atoms with van der Waals surface area (Å²) in [5.74, 6) is -0.0702. The molecule has 0 amide bonds. The van der Waals surface area contributed by atoms with E-state index in [1.54, 1.807) is 30.5 Å². The lowest BCUT2D eigenvalue weighted by molar-refractivity contribution is 0.103. The molecule has 1 N–H and O–H groups in total. The normalized spacial score (nSPS) is 15.2. The van der Waals surface area contributed by atoms with Crippen molar-refractivity contribution >= 4 is 11.5 Å². The predicted molar refractivity (Wildman–Crippen MR) is 93.7 cm³/mol. The Bertz CT molecular complexity index is 1010. The van der Waals surface area contributed by atoms with Crippen molar-refractivity contribution in [2.45, 2.75) is 6.42 Å². The van der Waals surface area contributed by atoms with Gasteiger partial charge in [-0.05, 0) is 36.2 Å². The van der Waals surface area contributed by atoms with Gasteiger partial charge >= 0.3 is 0 Å². The Kier molecular flexibility index (Phi) is 3.48. The molecule has 0 saturated heterocycles. The van der Waals surface area contributed by atoms with Gasteiger partial charge in [0.1, 0.15) is 5.70 Å². The second-order valence-corrected chi connectivity index (χ2v) is 6.04. The van der Waals surface area contributed by atoms with Crippen molar-refractivity contribution in [1.82, 2.24) is 5.32 Å². The summed E-state index contributed by atoms with van der Waals surface area (Å²) in [6, 6.07) is 15.0. The minimum Gasteiger partial charge on any atom is -0.389 e. The van der Waals surface area contributed by atoms with Gasteiger partial charge in [-0.15, -0.1) is 0 Å². The van der Waals surface area contributed by atoms with E-state index in [1.807, 2.05) is 17.0 Å². The molecule has 4 rings (SSSR count). The first-order chi connectivity index (χ1) is 12.2. The summed E-state index contributed by atoms with van der Waals surface area (Å²) in [5, 5.41) is 21.7. The first-order valence-corrected chi connectivity index (χ1v) is 8.07. The lowest BCUT2D eigenvalue weighted by Gasteiger charge is -2.21. The van der Waals surface area contributed by atoms with E-state index in [9.17, 15) is 15.3 Å². The summed E-state index contributed by atoms with van der Waals surface area (Å²) in [4.78, 5) is 14.9. The van der Waals surface area contributed by atoms with Crippen LogP contribution in [0.3, 0.4) is 0 Å². The third-order valence-electron chi connectivity index (χ3n) is 4.52. The zero-order valence-corrected chi connectivity index (χ0v) is 13.4. The van der Waals surface area contributed by atoms with Gasteiger partial charge in [0.05, 0.1) is 29.0 Å². The fourth-order valence-corrected chi connectivity index (χ4v) is 3.40. The number of anilines is 1. The number of nitriles is 2. The number of nitrogens with zero attached hydrogens (tertiary/aromatic N) is 3. The van der Waals surface area contributed by atoms with E-state index < -0.39 is 0 Å². The molecule has 0 fully saturated rings. The van der Waals surface area contributed by atoms with Crippen LogP contribution in [0.15, 0.2) is 48.3 Å². The highest BCUT2D eigenvalue weighted by atomic mass is 16.1. The largest absolute Gasteiger partial charge is 0.389 e. The van der Waals surface area contributed by atoms with Gasteiger partial charge in [-0.3, -0.25) is 4.79 Å². The van der Waals surface area contributed by atoms with Crippen molar-refractivity contribution in [2.75, 3.05) is 18.0 Å². The molecule has 0 saturated carbocycles. The molecular formula is C20H14N4O. The summed E-state index contributed by atoms with van der Waals surface area (Å²) < 4.78 is 0. The van der Waals surface area contributed by atoms with Crippen LogP contribution in [0, 0.1) is 22.7 Å². The number of Topliss-reactive ketones (excluding diaryl/α,β-unsaturated/α-hetero) is 1. The summed E-state index contributed by atoms with van der Waals surface area (Å²) in [7, 11) is 0. The molecule has 0 aromatic heterocycles. The number of ketones is 1. The summed E-state index contributed by atoms with van der Waals surface area (Å²) in [6.07, 6.45) is 2.67. The van der Waals surface area contributed by atoms with E-state index >= 15 is 0 Å². The SMILES string of the molecule is N#Cc1cccc(-c2cc(C#N)cc3c2N2CCCNC=C2C3=O)c1. The van der Waals surface area contributed by atoms with Crippen LogP contribution < -0.4 is 10.2 Å². The van der Waals surface area contributed by atoms with Crippen LogP contribution in [-0.4, -0.2) is 18.9 Å². The second-order valence-electron chi connectivity index (χ2n) is 6.04. The number of carbonyl (C=O) groups excluding carboxylic acids is 1. The van der Waals surface area contributed by atoms with Gasteiger partial charge in [0.25, 0.3) is 0 Å². The molecule has 2 heterocycles. The molecule has 0 spiro atoms. The van der Waals surface area contributed by atoms with Gasteiger partial charge in [0.2, 0.25) is 5.78 Å².